The molecule has 1 N–H and O–H groups in total. The van der Waals surface area contributed by atoms with Gasteiger partial charge in [0, 0.05) is 5.69 Å². The van der Waals surface area contributed by atoms with E-state index in [4.69, 9.17) is 4.74 Å². The summed E-state index contributed by atoms with van der Waals surface area (Å²) in [7, 11) is 0. The monoisotopic (exact) mass is 251 g/mol. The topological polar surface area (TPSA) is 38.3 Å². The van der Waals surface area contributed by atoms with E-state index < -0.39 is 11.7 Å². The van der Waals surface area contributed by atoms with Crippen molar-refractivity contribution in [3.8, 4) is 0 Å². The summed E-state index contributed by atoms with van der Waals surface area (Å²) in [6.45, 7) is 5.41. The highest BCUT2D eigenvalue weighted by Gasteiger charge is 2.27. The number of hydrogen-bond acceptors (Lipinski definition) is 2. The number of hydrogen-bond donors (Lipinski definition) is 1. The van der Waals surface area contributed by atoms with Crippen LogP contribution in [0.4, 0.5) is 14.9 Å². The Labute approximate surface area is 106 Å². The Hall–Kier alpha value is -1.58. The van der Waals surface area contributed by atoms with Gasteiger partial charge in [-0.05, 0) is 63.3 Å². The van der Waals surface area contributed by atoms with Crippen LogP contribution in [0.3, 0.4) is 0 Å². The Kier molecular flexibility index (Phi) is 3.28. The summed E-state index contributed by atoms with van der Waals surface area (Å²) < 4.78 is 18.4. The Morgan fingerprint density at radius 3 is 2.61 bits per heavy atom. The van der Waals surface area contributed by atoms with E-state index in [9.17, 15) is 9.18 Å². The van der Waals surface area contributed by atoms with Crippen LogP contribution in [0.5, 0.6) is 0 Å². The molecule has 1 aliphatic rings. The molecule has 18 heavy (non-hydrogen) atoms. The minimum Gasteiger partial charge on any atom is -0.444 e. The van der Waals surface area contributed by atoms with Gasteiger partial charge in [0.25, 0.3) is 0 Å². The number of rotatable bonds is 2. The maximum Gasteiger partial charge on any atom is 0.412 e. The van der Waals surface area contributed by atoms with Crippen molar-refractivity contribution in [3.05, 3.63) is 29.6 Å². The van der Waals surface area contributed by atoms with E-state index in [0.29, 0.717) is 11.6 Å². The van der Waals surface area contributed by atoms with Gasteiger partial charge in [0.2, 0.25) is 0 Å². The van der Waals surface area contributed by atoms with E-state index in [1.54, 1.807) is 26.8 Å². The highest BCUT2D eigenvalue weighted by atomic mass is 19.1. The van der Waals surface area contributed by atoms with E-state index in [1.165, 1.54) is 12.1 Å². The minimum absolute atomic E-state index is 0.272. The highest BCUT2D eigenvalue weighted by Crippen LogP contribution is 2.43. The number of benzene rings is 1. The van der Waals surface area contributed by atoms with E-state index >= 15 is 0 Å². The molecule has 0 aromatic heterocycles. The molecule has 1 aliphatic carbocycles. The number of carbonyl (C=O) groups is 1. The van der Waals surface area contributed by atoms with Crippen molar-refractivity contribution in [1.29, 1.82) is 0 Å². The Morgan fingerprint density at radius 1 is 1.39 bits per heavy atom. The maximum absolute atomic E-state index is 13.2. The standard InChI is InChI=1S/C14H18FNO2/c1-14(2,3)18-13(17)16-12-7-6-10(15)8-11(12)9-4-5-9/h6-9H,4-5H2,1-3H3,(H,16,17). The van der Waals surface area contributed by atoms with Crippen LogP contribution in [-0.4, -0.2) is 11.7 Å². The largest absolute Gasteiger partial charge is 0.444 e. The predicted octanol–water partition coefficient (Wildman–Crippen LogP) is 4.05. The number of halogens is 1. The molecule has 1 amide bonds. The zero-order valence-electron chi connectivity index (χ0n) is 10.9. The molecule has 0 spiro atoms. The molecule has 3 nitrogen and oxygen atoms in total. The number of anilines is 1. The molecule has 0 heterocycles. The molecule has 1 aromatic rings. The molecule has 0 aliphatic heterocycles. The molecule has 0 unspecified atom stereocenters. The van der Waals surface area contributed by atoms with E-state index in [-0.39, 0.29) is 5.82 Å². The van der Waals surface area contributed by atoms with E-state index in [1.807, 2.05) is 0 Å². The van der Waals surface area contributed by atoms with Gasteiger partial charge in [-0.25, -0.2) is 9.18 Å². The molecule has 0 atom stereocenters. The van der Waals surface area contributed by atoms with Gasteiger partial charge >= 0.3 is 6.09 Å². The van der Waals surface area contributed by atoms with Gasteiger partial charge in [0.15, 0.2) is 0 Å². The molecule has 1 aromatic carbocycles. The van der Waals surface area contributed by atoms with Crippen molar-refractivity contribution in [3.63, 3.8) is 0 Å². The fourth-order valence-corrected chi connectivity index (χ4v) is 1.79. The van der Waals surface area contributed by atoms with Crippen molar-refractivity contribution >= 4 is 11.8 Å². The zero-order valence-corrected chi connectivity index (χ0v) is 10.9. The van der Waals surface area contributed by atoms with Crippen molar-refractivity contribution in [1.82, 2.24) is 0 Å². The Balaban J connectivity index is 2.11. The van der Waals surface area contributed by atoms with E-state index in [2.05, 4.69) is 5.32 Å². The van der Waals surface area contributed by atoms with Crippen LogP contribution in [0.1, 0.15) is 45.1 Å². The van der Waals surface area contributed by atoms with Crippen molar-refractivity contribution in [2.75, 3.05) is 5.32 Å². The lowest BCUT2D eigenvalue weighted by Crippen LogP contribution is -2.27. The van der Waals surface area contributed by atoms with Crippen LogP contribution in [0.25, 0.3) is 0 Å². The van der Waals surface area contributed by atoms with Crippen molar-refractivity contribution in [2.24, 2.45) is 0 Å². The first-order valence-electron chi connectivity index (χ1n) is 6.14. The first-order chi connectivity index (χ1) is 8.35. The maximum atomic E-state index is 13.2. The second-order valence-corrected chi connectivity index (χ2v) is 5.63. The molecule has 0 bridgehead atoms. The van der Waals surface area contributed by atoms with Crippen molar-refractivity contribution in [2.45, 2.75) is 45.1 Å². The fourth-order valence-electron chi connectivity index (χ4n) is 1.79. The van der Waals surface area contributed by atoms with Crippen LogP contribution < -0.4 is 5.32 Å². The van der Waals surface area contributed by atoms with Crippen LogP contribution in [-0.2, 0) is 4.74 Å². The lowest BCUT2D eigenvalue weighted by molar-refractivity contribution is 0.0636. The SMILES string of the molecule is CC(C)(C)OC(=O)Nc1ccc(F)cc1C1CC1. The zero-order chi connectivity index (χ0) is 13.3. The molecule has 2 rings (SSSR count). The third kappa shape index (κ3) is 3.45. The molecule has 4 heteroatoms. The summed E-state index contributed by atoms with van der Waals surface area (Å²) in [5.74, 6) is 0.0947. The van der Waals surface area contributed by atoms with Gasteiger partial charge in [-0.3, -0.25) is 5.32 Å². The number of nitrogens with one attached hydrogen (secondary N) is 1. The number of carbonyl (C=O) groups excluding carboxylic acids is 1. The lowest BCUT2D eigenvalue weighted by atomic mass is 10.1. The molecule has 0 saturated heterocycles. The fraction of sp³-hybridized carbons (Fsp3) is 0.500. The Bertz CT molecular complexity index is 461. The average molecular weight is 251 g/mol. The van der Waals surface area contributed by atoms with Crippen LogP contribution in [0.15, 0.2) is 18.2 Å². The van der Waals surface area contributed by atoms with Gasteiger partial charge in [-0.1, -0.05) is 0 Å². The average Bonchev–Trinajstić information content (AvgIpc) is 3.01. The van der Waals surface area contributed by atoms with Gasteiger partial charge in [-0.2, -0.15) is 0 Å². The van der Waals surface area contributed by atoms with Gasteiger partial charge < -0.3 is 4.74 Å². The number of ether oxygens (including phenoxy) is 1. The molecular formula is C14H18FNO2. The predicted molar refractivity (Wildman–Crippen MR) is 68.2 cm³/mol. The second kappa shape index (κ2) is 4.59. The summed E-state index contributed by atoms with van der Waals surface area (Å²) in [4.78, 5) is 11.7. The number of amides is 1. The molecule has 0 radical (unpaired) electrons. The third-order valence-corrected chi connectivity index (χ3v) is 2.67. The van der Waals surface area contributed by atoms with Crippen molar-refractivity contribution < 1.29 is 13.9 Å². The summed E-state index contributed by atoms with van der Waals surface area (Å²) in [5.41, 5.74) is 0.971. The second-order valence-electron chi connectivity index (χ2n) is 5.63. The quantitative estimate of drug-likeness (QED) is 0.861. The van der Waals surface area contributed by atoms with Gasteiger partial charge in [0.1, 0.15) is 11.4 Å². The van der Waals surface area contributed by atoms with Crippen LogP contribution in [0.2, 0.25) is 0 Å². The van der Waals surface area contributed by atoms with Crippen LogP contribution in [0, 0.1) is 5.82 Å². The summed E-state index contributed by atoms with van der Waals surface area (Å²) in [6.07, 6.45) is 1.59. The summed E-state index contributed by atoms with van der Waals surface area (Å²) in [6, 6.07) is 4.43. The Morgan fingerprint density at radius 2 is 2.06 bits per heavy atom. The van der Waals surface area contributed by atoms with E-state index in [0.717, 1.165) is 18.4 Å². The summed E-state index contributed by atoms with van der Waals surface area (Å²) in [5, 5.41) is 2.69. The first kappa shape index (κ1) is 12.9. The summed E-state index contributed by atoms with van der Waals surface area (Å²) >= 11 is 0. The van der Waals surface area contributed by atoms with Gasteiger partial charge in [0.05, 0.1) is 0 Å². The molecular weight excluding hydrogens is 233 g/mol. The normalized spacial score (nSPS) is 15.3. The highest BCUT2D eigenvalue weighted by molar-refractivity contribution is 5.86. The molecule has 98 valence electrons. The minimum atomic E-state index is -0.538. The lowest BCUT2D eigenvalue weighted by Gasteiger charge is -2.20. The molecule has 1 fully saturated rings. The third-order valence-electron chi connectivity index (χ3n) is 2.67. The molecule has 1 saturated carbocycles. The van der Waals surface area contributed by atoms with Gasteiger partial charge in [-0.15, -0.1) is 0 Å². The first-order valence-corrected chi connectivity index (χ1v) is 6.14. The van der Waals surface area contributed by atoms with Crippen LogP contribution >= 0.6 is 0 Å². The smallest absolute Gasteiger partial charge is 0.412 e.